The van der Waals surface area contributed by atoms with Crippen LogP contribution in [0.5, 0.6) is 0 Å². The summed E-state index contributed by atoms with van der Waals surface area (Å²) in [4.78, 5) is 32.4. The topological polar surface area (TPSA) is 120 Å². The zero-order valence-corrected chi connectivity index (χ0v) is 16.1. The van der Waals surface area contributed by atoms with Crippen LogP contribution in [0.1, 0.15) is 40.5 Å². The first kappa shape index (κ1) is 19.7. The van der Waals surface area contributed by atoms with Crippen molar-refractivity contribution in [1.82, 2.24) is 24.6 Å². The number of imidazole rings is 1. The van der Waals surface area contributed by atoms with Crippen molar-refractivity contribution in [3.8, 4) is 17.3 Å². The first-order valence-electron chi connectivity index (χ1n) is 9.54. The van der Waals surface area contributed by atoms with Gasteiger partial charge in [-0.25, -0.2) is 14.3 Å². The van der Waals surface area contributed by atoms with Gasteiger partial charge in [-0.1, -0.05) is 6.07 Å². The maximum atomic E-state index is 13.4. The van der Waals surface area contributed by atoms with E-state index in [-0.39, 0.29) is 17.4 Å². The first-order valence-corrected chi connectivity index (χ1v) is 9.54. The van der Waals surface area contributed by atoms with Gasteiger partial charge in [0.2, 0.25) is 0 Å². The van der Waals surface area contributed by atoms with Gasteiger partial charge in [-0.15, -0.1) is 0 Å². The molecule has 3 aromatic heterocycles. The second-order valence-corrected chi connectivity index (χ2v) is 7.53. The Labute approximate surface area is 177 Å². The molecule has 32 heavy (non-hydrogen) atoms. The molecule has 1 fully saturated rings. The molecule has 1 saturated carbocycles. The number of rotatable bonds is 3. The van der Waals surface area contributed by atoms with Crippen molar-refractivity contribution in [2.24, 2.45) is 0 Å². The Hall–Kier alpha value is -4.20. The standard InChI is InChI=1S/C21H13F3N6O2/c22-21(23,24)16-5-10(1-2-11(16)8-25)12-6-13(12)14-7-17(29-30-4-3-26-18(14)30)15-9-27-20(32)28-19(15)31/h1-5,7,9,12-13H,6H2,(H2,27,28,31,32)/t12-,13+/m1/s1. The number of nitrogens with zero attached hydrogens (tertiary/aromatic N) is 4. The molecule has 0 bridgehead atoms. The summed E-state index contributed by atoms with van der Waals surface area (Å²) in [6.07, 6.45) is 0.349. The lowest BCUT2D eigenvalue weighted by Crippen LogP contribution is -2.23. The van der Waals surface area contributed by atoms with Crippen LogP contribution in [0.15, 0.2) is 52.4 Å². The minimum atomic E-state index is -4.63. The van der Waals surface area contributed by atoms with Crippen molar-refractivity contribution < 1.29 is 13.2 Å². The van der Waals surface area contributed by atoms with Crippen LogP contribution in [-0.2, 0) is 6.18 Å². The Bertz CT molecular complexity index is 1530. The van der Waals surface area contributed by atoms with E-state index in [0.717, 1.165) is 11.6 Å². The predicted molar refractivity (Wildman–Crippen MR) is 106 cm³/mol. The number of halogens is 3. The molecule has 0 unspecified atom stereocenters. The Morgan fingerprint density at radius 2 is 2.00 bits per heavy atom. The molecule has 0 spiro atoms. The number of aromatic nitrogens is 5. The highest BCUT2D eigenvalue weighted by Gasteiger charge is 2.43. The number of hydrogen-bond acceptors (Lipinski definition) is 5. The van der Waals surface area contributed by atoms with Gasteiger partial charge >= 0.3 is 11.9 Å². The number of alkyl halides is 3. The van der Waals surface area contributed by atoms with E-state index >= 15 is 0 Å². The zero-order valence-electron chi connectivity index (χ0n) is 16.1. The average molecular weight is 438 g/mol. The van der Waals surface area contributed by atoms with Gasteiger partial charge in [-0.05, 0) is 42.0 Å². The Kier molecular flexibility index (Phi) is 4.27. The molecule has 0 aliphatic heterocycles. The maximum Gasteiger partial charge on any atom is 0.417 e. The normalized spacial score (nSPS) is 17.9. The van der Waals surface area contributed by atoms with E-state index in [1.807, 2.05) is 0 Å². The summed E-state index contributed by atoms with van der Waals surface area (Å²) in [6.45, 7) is 0. The fourth-order valence-electron chi connectivity index (χ4n) is 3.98. The Balaban J connectivity index is 1.57. The molecule has 1 aliphatic rings. The minimum Gasteiger partial charge on any atom is -0.313 e. The van der Waals surface area contributed by atoms with E-state index in [1.54, 1.807) is 18.3 Å². The lowest BCUT2D eigenvalue weighted by atomic mass is 9.99. The molecule has 0 amide bonds. The summed E-state index contributed by atoms with van der Waals surface area (Å²) in [5.74, 6) is -0.342. The Morgan fingerprint density at radius 1 is 1.19 bits per heavy atom. The molecule has 11 heteroatoms. The van der Waals surface area contributed by atoms with Gasteiger partial charge in [-0.2, -0.15) is 23.5 Å². The highest BCUT2D eigenvalue weighted by atomic mass is 19.4. The van der Waals surface area contributed by atoms with Gasteiger partial charge in [0, 0.05) is 24.2 Å². The van der Waals surface area contributed by atoms with Gasteiger partial charge in [0.25, 0.3) is 5.56 Å². The number of aromatic amines is 2. The number of nitriles is 1. The molecular formula is C21H13F3N6O2. The van der Waals surface area contributed by atoms with Crippen LogP contribution >= 0.6 is 0 Å². The number of fused-ring (bicyclic) bond motifs is 1. The van der Waals surface area contributed by atoms with Crippen molar-refractivity contribution in [2.45, 2.75) is 24.4 Å². The first-order chi connectivity index (χ1) is 15.3. The maximum absolute atomic E-state index is 13.4. The van der Waals surface area contributed by atoms with Crippen LogP contribution in [0.25, 0.3) is 16.9 Å². The lowest BCUT2D eigenvalue weighted by Gasteiger charge is -2.11. The molecule has 2 atom stereocenters. The van der Waals surface area contributed by atoms with Gasteiger partial charge in [0.05, 0.1) is 28.5 Å². The monoisotopic (exact) mass is 438 g/mol. The van der Waals surface area contributed by atoms with Crippen LogP contribution in [0.2, 0.25) is 0 Å². The molecule has 0 saturated heterocycles. The summed E-state index contributed by atoms with van der Waals surface area (Å²) < 4.78 is 41.6. The van der Waals surface area contributed by atoms with E-state index < -0.39 is 28.6 Å². The number of nitrogens with one attached hydrogen (secondary N) is 2. The van der Waals surface area contributed by atoms with Crippen LogP contribution < -0.4 is 11.2 Å². The Morgan fingerprint density at radius 3 is 2.72 bits per heavy atom. The van der Waals surface area contributed by atoms with Crippen LogP contribution in [0, 0.1) is 11.3 Å². The summed E-state index contributed by atoms with van der Waals surface area (Å²) in [5.41, 5.74) is -0.443. The number of hydrogen-bond donors (Lipinski definition) is 2. The van der Waals surface area contributed by atoms with E-state index in [2.05, 4.69) is 20.1 Å². The molecule has 1 aliphatic carbocycles. The molecule has 160 valence electrons. The SMILES string of the molecule is N#Cc1ccc([C@H]2C[C@@H]2c2cc(-c3c[nH]c(=O)[nH]c3=O)nn3ccnc23)cc1C(F)(F)F. The molecule has 3 heterocycles. The highest BCUT2D eigenvalue weighted by molar-refractivity contribution is 5.63. The van der Waals surface area contributed by atoms with Gasteiger partial charge < -0.3 is 4.98 Å². The molecule has 8 nitrogen and oxygen atoms in total. The largest absolute Gasteiger partial charge is 0.417 e. The van der Waals surface area contributed by atoms with Crippen molar-refractivity contribution in [1.29, 1.82) is 5.26 Å². The third kappa shape index (κ3) is 3.26. The molecular weight excluding hydrogens is 425 g/mol. The molecule has 1 aromatic carbocycles. The van der Waals surface area contributed by atoms with Crippen molar-refractivity contribution in [3.05, 3.63) is 85.9 Å². The summed E-state index contributed by atoms with van der Waals surface area (Å²) in [7, 11) is 0. The molecule has 4 aromatic rings. The lowest BCUT2D eigenvalue weighted by molar-refractivity contribution is -0.137. The number of H-pyrrole nitrogens is 2. The minimum absolute atomic E-state index is 0.141. The second kappa shape index (κ2) is 6.91. The van der Waals surface area contributed by atoms with E-state index in [0.29, 0.717) is 23.3 Å². The van der Waals surface area contributed by atoms with Crippen LogP contribution in [-0.4, -0.2) is 24.6 Å². The second-order valence-electron chi connectivity index (χ2n) is 7.53. The summed E-state index contributed by atoms with van der Waals surface area (Å²) >= 11 is 0. The highest BCUT2D eigenvalue weighted by Crippen LogP contribution is 2.56. The quantitative estimate of drug-likeness (QED) is 0.510. The van der Waals surface area contributed by atoms with E-state index in [4.69, 9.17) is 5.26 Å². The van der Waals surface area contributed by atoms with Gasteiger partial charge in [0.1, 0.15) is 0 Å². The van der Waals surface area contributed by atoms with Gasteiger partial charge in [0.15, 0.2) is 5.65 Å². The third-order valence-corrected chi connectivity index (χ3v) is 5.57. The van der Waals surface area contributed by atoms with Crippen LogP contribution in [0.3, 0.4) is 0 Å². The zero-order chi connectivity index (χ0) is 22.6. The molecule has 2 N–H and O–H groups in total. The predicted octanol–water partition coefficient (Wildman–Crippen LogP) is 2.93. The average Bonchev–Trinajstić information content (AvgIpc) is 3.40. The number of benzene rings is 1. The fourth-order valence-corrected chi connectivity index (χ4v) is 3.98. The van der Waals surface area contributed by atoms with Crippen molar-refractivity contribution >= 4 is 5.65 Å². The van der Waals surface area contributed by atoms with Crippen molar-refractivity contribution in [3.63, 3.8) is 0 Å². The summed E-state index contributed by atoms with van der Waals surface area (Å²) in [5, 5.41) is 13.4. The van der Waals surface area contributed by atoms with E-state index in [1.165, 1.54) is 29.0 Å². The fraction of sp³-hybridized carbons (Fsp3) is 0.190. The van der Waals surface area contributed by atoms with Crippen LogP contribution in [0.4, 0.5) is 13.2 Å². The summed E-state index contributed by atoms with van der Waals surface area (Å²) in [6, 6.07) is 7.02. The van der Waals surface area contributed by atoms with Gasteiger partial charge in [-0.3, -0.25) is 9.78 Å². The smallest absolute Gasteiger partial charge is 0.313 e. The molecule has 5 rings (SSSR count). The van der Waals surface area contributed by atoms with E-state index in [9.17, 15) is 22.8 Å². The molecule has 0 radical (unpaired) electrons. The van der Waals surface area contributed by atoms with Crippen molar-refractivity contribution in [2.75, 3.05) is 0 Å². The third-order valence-electron chi connectivity index (χ3n) is 5.57.